The molecule has 162 valence electrons. The van der Waals surface area contributed by atoms with E-state index in [-0.39, 0.29) is 28.1 Å². The van der Waals surface area contributed by atoms with Crippen LogP contribution in [0.4, 0.5) is 11.7 Å². The van der Waals surface area contributed by atoms with Gasteiger partial charge in [-0.2, -0.15) is 0 Å². The average molecular weight is 489 g/mol. The highest BCUT2D eigenvalue weighted by atomic mass is 35.5. The number of amides is 1. The predicted octanol–water partition coefficient (Wildman–Crippen LogP) is 5.10. The monoisotopic (exact) mass is 488 g/mol. The van der Waals surface area contributed by atoms with Crippen LogP contribution in [0.3, 0.4) is 0 Å². The van der Waals surface area contributed by atoms with E-state index in [1.165, 1.54) is 36.4 Å². The molecule has 4 rings (SSSR count). The first kappa shape index (κ1) is 21.8. The van der Waals surface area contributed by atoms with Crippen molar-refractivity contribution in [2.24, 2.45) is 0 Å². The standard InChI is InChI=1S/C21H14Cl2N4O4S/c22-13-9-11-14(12-10-13)32(29,30)27-18-8-4-2-6-16(18)19(28)24-21-26-25-20(31-21)15-5-1-3-7-17(15)23/h1-12,27H,(H,24,26,28). The summed E-state index contributed by atoms with van der Waals surface area (Å²) in [6, 6.07) is 18.5. The van der Waals surface area contributed by atoms with Gasteiger partial charge in [-0.05, 0) is 48.5 Å². The van der Waals surface area contributed by atoms with Crippen LogP contribution in [-0.4, -0.2) is 24.5 Å². The molecule has 2 N–H and O–H groups in total. The second kappa shape index (κ2) is 8.99. The number of carbonyl (C=O) groups is 1. The number of anilines is 2. The molecule has 0 aliphatic carbocycles. The van der Waals surface area contributed by atoms with E-state index in [9.17, 15) is 13.2 Å². The summed E-state index contributed by atoms with van der Waals surface area (Å²) in [5.41, 5.74) is 0.645. The topological polar surface area (TPSA) is 114 Å². The first-order valence-electron chi connectivity index (χ1n) is 9.11. The molecule has 0 unspecified atom stereocenters. The summed E-state index contributed by atoms with van der Waals surface area (Å²) in [6.45, 7) is 0. The Bertz CT molecular complexity index is 1390. The van der Waals surface area contributed by atoms with Crippen LogP contribution in [0.25, 0.3) is 11.5 Å². The Balaban J connectivity index is 1.56. The Kier molecular flexibility index (Phi) is 6.13. The molecule has 0 radical (unpaired) electrons. The summed E-state index contributed by atoms with van der Waals surface area (Å²) in [4.78, 5) is 12.8. The fourth-order valence-corrected chi connectivity index (χ4v) is 4.19. The van der Waals surface area contributed by atoms with Crippen molar-refractivity contribution in [3.05, 3.63) is 88.4 Å². The summed E-state index contributed by atoms with van der Waals surface area (Å²) in [5, 5.41) is 11.0. The fraction of sp³-hybridized carbons (Fsp3) is 0. The van der Waals surface area contributed by atoms with Crippen molar-refractivity contribution in [1.82, 2.24) is 10.2 Å². The molecule has 32 heavy (non-hydrogen) atoms. The number of aromatic nitrogens is 2. The summed E-state index contributed by atoms with van der Waals surface area (Å²) in [7, 11) is -3.95. The molecule has 1 aromatic heterocycles. The number of halogens is 2. The molecule has 0 aliphatic heterocycles. The molecule has 3 aromatic carbocycles. The molecule has 1 heterocycles. The fourth-order valence-electron chi connectivity index (χ4n) is 2.77. The van der Waals surface area contributed by atoms with E-state index >= 15 is 0 Å². The van der Waals surface area contributed by atoms with E-state index in [0.29, 0.717) is 15.6 Å². The number of sulfonamides is 1. The molecule has 0 fully saturated rings. The van der Waals surface area contributed by atoms with E-state index < -0.39 is 15.9 Å². The number of hydrogen-bond donors (Lipinski definition) is 2. The van der Waals surface area contributed by atoms with Gasteiger partial charge >= 0.3 is 6.01 Å². The molecular formula is C21H14Cl2N4O4S. The van der Waals surface area contributed by atoms with Crippen molar-refractivity contribution in [1.29, 1.82) is 0 Å². The highest BCUT2D eigenvalue weighted by Crippen LogP contribution is 2.28. The Morgan fingerprint density at radius 2 is 1.56 bits per heavy atom. The van der Waals surface area contributed by atoms with E-state index in [2.05, 4.69) is 20.2 Å². The molecule has 0 aliphatic rings. The second-order valence-corrected chi connectivity index (χ2v) is 8.98. The minimum absolute atomic E-state index is 0.00149. The minimum Gasteiger partial charge on any atom is -0.403 e. The molecule has 11 heteroatoms. The number of hydrogen-bond acceptors (Lipinski definition) is 6. The third-order valence-corrected chi connectivity index (χ3v) is 6.25. The van der Waals surface area contributed by atoms with Gasteiger partial charge in [-0.3, -0.25) is 14.8 Å². The van der Waals surface area contributed by atoms with Crippen molar-refractivity contribution < 1.29 is 17.6 Å². The zero-order chi connectivity index (χ0) is 22.7. The van der Waals surface area contributed by atoms with Crippen molar-refractivity contribution in [2.75, 3.05) is 10.0 Å². The van der Waals surface area contributed by atoms with Crippen molar-refractivity contribution in [3.8, 4) is 11.5 Å². The van der Waals surface area contributed by atoms with Gasteiger partial charge in [-0.1, -0.05) is 52.6 Å². The molecule has 0 spiro atoms. The summed E-state index contributed by atoms with van der Waals surface area (Å²) in [5.74, 6) is -0.517. The number of benzene rings is 3. The lowest BCUT2D eigenvalue weighted by Crippen LogP contribution is -2.18. The molecule has 8 nitrogen and oxygen atoms in total. The maximum atomic E-state index is 12.8. The quantitative estimate of drug-likeness (QED) is 0.390. The summed E-state index contributed by atoms with van der Waals surface area (Å²) < 4.78 is 33.3. The van der Waals surface area contributed by atoms with E-state index in [1.54, 1.807) is 36.4 Å². The molecule has 0 saturated carbocycles. The van der Waals surface area contributed by atoms with Crippen LogP contribution in [0.5, 0.6) is 0 Å². The maximum Gasteiger partial charge on any atom is 0.322 e. The van der Waals surface area contributed by atoms with Gasteiger partial charge in [0.1, 0.15) is 0 Å². The molecule has 4 aromatic rings. The first-order chi connectivity index (χ1) is 15.3. The van der Waals surface area contributed by atoms with Crippen molar-refractivity contribution >= 4 is 50.8 Å². The molecule has 0 bridgehead atoms. The highest BCUT2D eigenvalue weighted by Gasteiger charge is 2.20. The molecule has 0 saturated heterocycles. The zero-order valence-electron chi connectivity index (χ0n) is 16.1. The van der Waals surface area contributed by atoms with Crippen LogP contribution in [0.1, 0.15) is 10.4 Å². The summed E-state index contributed by atoms with van der Waals surface area (Å²) >= 11 is 11.9. The van der Waals surface area contributed by atoms with Gasteiger partial charge < -0.3 is 4.42 Å². The van der Waals surface area contributed by atoms with Crippen LogP contribution in [-0.2, 0) is 10.0 Å². The van der Waals surface area contributed by atoms with Gasteiger partial charge in [0.2, 0.25) is 0 Å². The lowest BCUT2D eigenvalue weighted by atomic mass is 10.2. The Labute approximate surface area is 193 Å². The van der Waals surface area contributed by atoms with E-state index in [0.717, 1.165) is 0 Å². The van der Waals surface area contributed by atoms with Gasteiger partial charge in [0.05, 0.1) is 26.7 Å². The SMILES string of the molecule is O=C(Nc1nnc(-c2ccccc2Cl)o1)c1ccccc1NS(=O)(=O)c1ccc(Cl)cc1. The number of carbonyl (C=O) groups excluding carboxylic acids is 1. The normalized spacial score (nSPS) is 11.2. The third-order valence-electron chi connectivity index (χ3n) is 4.29. The highest BCUT2D eigenvalue weighted by molar-refractivity contribution is 7.92. The number of nitrogens with one attached hydrogen (secondary N) is 2. The van der Waals surface area contributed by atoms with Gasteiger partial charge in [0.25, 0.3) is 21.8 Å². The summed E-state index contributed by atoms with van der Waals surface area (Å²) in [6.07, 6.45) is 0. The average Bonchev–Trinajstić information content (AvgIpc) is 3.22. The van der Waals surface area contributed by atoms with Crippen molar-refractivity contribution in [2.45, 2.75) is 4.90 Å². The zero-order valence-corrected chi connectivity index (χ0v) is 18.4. The van der Waals surface area contributed by atoms with Crippen LogP contribution < -0.4 is 10.0 Å². The van der Waals surface area contributed by atoms with Gasteiger partial charge in [-0.15, -0.1) is 5.10 Å². The second-order valence-electron chi connectivity index (χ2n) is 6.45. The minimum atomic E-state index is -3.95. The van der Waals surface area contributed by atoms with Crippen LogP contribution in [0, 0.1) is 0 Å². The third kappa shape index (κ3) is 4.75. The number of nitrogens with zero attached hydrogens (tertiary/aromatic N) is 2. The van der Waals surface area contributed by atoms with Crippen molar-refractivity contribution in [3.63, 3.8) is 0 Å². The van der Waals surface area contributed by atoms with Gasteiger partial charge in [0.15, 0.2) is 0 Å². The Hall–Kier alpha value is -3.40. The Morgan fingerprint density at radius 3 is 2.31 bits per heavy atom. The van der Waals surface area contributed by atoms with Crippen LogP contribution >= 0.6 is 23.2 Å². The Morgan fingerprint density at radius 1 is 0.875 bits per heavy atom. The number of para-hydroxylation sites is 1. The first-order valence-corrected chi connectivity index (χ1v) is 11.3. The van der Waals surface area contributed by atoms with Gasteiger partial charge in [0, 0.05) is 5.02 Å². The predicted molar refractivity (Wildman–Crippen MR) is 121 cm³/mol. The van der Waals surface area contributed by atoms with E-state index in [1.807, 2.05) is 0 Å². The van der Waals surface area contributed by atoms with E-state index in [4.69, 9.17) is 27.6 Å². The maximum absolute atomic E-state index is 12.8. The largest absolute Gasteiger partial charge is 0.403 e. The lowest BCUT2D eigenvalue weighted by Gasteiger charge is -2.12. The molecular weight excluding hydrogens is 475 g/mol. The smallest absolute Gasteiger partial charge is 0.322 e. The number of rotatable bonds is 6. The van der Waals surface area contributed by atoms with Crippen LogP contribution in [0.2, 0.25) is 10.0 Å². The lowest BCUT2D eigenvalue weighted by molar-refractivity contribution is 0.102. The molecule has 1 amide bonds. The van der Waals surface area contributed by atoms with Gasteiger partial charge in [-0.25, -0.2) is 8.42 Å². The van der Waals surface area contributed by atoms with Crippen LogP contribution in [0.15, 0.2) is 82.1 Å². The molecule has 0 atom stereocenters.